The van der Waals surface area contributed by atoms with Crippen LogP contribution in [-0.2, 0) is 6.42 Å². The van der Waals surface area contributed by atoms with Gasteiger partial charge in [0.2, 0.25) is 0 Å². The molecular formula is C15H26N2OS. The molecule has 2 rings (SSSR count). The molecule has 19 heavy (non-hydrogen) atoms. The molecule has 1 aromatic rings. The van der Waals surface area contributed by atoms with Crippen molar-refractivity contribution in [3.8, 4) is 0 Å². The van der Waals surface area contributed by atoms with E-state index in [0.29, 0.717) is 17.7 Å². The molecule has 1 fully saturated rings. The standard InChI is InChI=1S/C15H26N2OS/c1-3-13(4-2)17-9-8-12(16-17)11-14(18)15-7-5-6-10-19-15/h8-9,13-15,18H,3-7,10-11H2,1-2H3. The zero-order valence-corrected chi connectivity index (χ0v) is 12.9. The topological polar surface area (TPSA) is 38.0 Å². The molecule has 0 aromatic carbocycles. The summed E-state index contributed by atoms with van der Waals surface area (Å²) in [5.74, 6) is 1.20. The Bertz CT molecular complexity index is 370. The highest BCUT2D eigenvalue weighted by Crippen LogP contribution is 2.28. The van der Waals surface area contributed by atoms with Crippen LogP contribution >= 0.6 is 11.8 Å². The molecule has 1 aliphatic heterocycles. The Morgan fingerprint density at radius 3 is 2.84 bits per heavy atom. The number of hydrogen-bond donors (Lipinski definition) is 1. The van der Waals surface area contributed by atoms with Crippen molar-refractivity contribution >= 4 is 11.8 Å². The molecule has 0 radical (unpaired) electrons. The highest BCUT2D eigenvalue weighted by molar-refractivity contribution is 8.00. The molecule has 1 aromatic heterocycles. The molecule has 0 aliphatic carbocycles. The van der Waals surface area contributed by atoms with Crippen LogP contribution in [0, 0.1) is 0 Å². The fraction of sp³-hybridized carbons (Fsp3) is 0.800. The quantitative estimate of drug-likeness (QED) is 0.868. The molecule has 1 aliphatic rings. The summed E-state index contributed by atoms with van der Waals surface area (Å²) in [5.41, 5.74) is 1.03. The second-order valence-electron chi connectivity index (χ2n) is 5.43. The van der Waals surface area contributed by atoms with Gasteiger partial charge >= 0.3 is 0 Å². The van der Waals surface area contributed by atoms with E-state index < -0.39 is 0 Å². The van der Waals surface area contributed by atoms with Crippen LogP contribution in [-0.4, -0.2) is 32.0 Å². The molecule has 2 unspecified atom stereocenters. The van der Waals surface area contributed by atoms with Gasteiger partial charge in [0.15, 0.2) is 0 Å². The number of hydrogen-bond acceptors (Lipinski definition) is 3. The summed E-state index contributed by atoms with van der Waals surface area (Å²) in [6, 6.07) is 2.56. The van der Waals surface area contributed by atoms with Gasteiger partial charge in [0.25, 0.3) is 0 Å². The zero-order chi connectivity index (χ0) is 13.7. The molecular weight excluding hydrogens is 256 g/mol. The van der Waals surface area contributed by atoms with Crippen molar-refractivity contribution < 1.29 is 5.11 Å². The van der Waals surface area contributed by atoms with Gasteiger partial charge in [0, 0.05) is 17.9 Å². The molecule has 4 heteroatoms. The van der Waals surface area contributed by atoms with Crippen LogP contribution in [0.4, 0.5) is 0 Å². The van der Waals surface area contributed by atoms with Gasteiger partial charge in [0.05, 0.1) is 17.8 Å². The number of thioether (sulfide) groups is 1. The number of aliphatic hydroxyl groups excluding tert-OH is 1. The van der Waals surface area contributed by atoms with Crippen LogP contribution < -0.4 is 0 Å². The largest absolute Gasteiger partial charge is 0.392 e. The average Bonchev–Trinajstić information content (AvgIpc) is 2.89. The summed E-state index contributed by atoms with van der Waals surface area (Å²) >= 11 is 1.93. The van der Waals surface area contributed by atoms with Crippen molar-refractivity contribution in [2.75, 3.05) is 5.75 Å². The van der Waals surface area contributed by atoms with E-state index in [0.717, 1.165) is 25.0 Å². The van der Waals surface area contributed by atoms with Crippen LogP contribution in [0.5, 0.6) is 0 Å². The van der Waals surface area contributed by atoms with Crippen LogP contribution in [0.25, 0.3) is 0 Å². The minimum atomic E-state index is -0.240. The fourth-order valence-corrected chi connectivity index (χ4v) is 4.09. The Labute approximate surface area is 120 Å². The summed E-state index contributed by atoms with van der Waals surface area (Å²) in [6.45, 7) is 4.39. The van der Waals surface area contributed by atoms with E-state index in [9.17, 15) is 5.11 Å². The van der Waals surface area contributed by atoms with Crippen LogP contribution in [0.2, 0.25) is 0 Å². The van der Waals surface area contributed by atoms with Crippen molar-refractivity contribution in [1.82, 2.24) is 9.78 Å². The van der Waals surface area contributed by atoms with Gasteiger partial charge in [-0.2, -0.15) is 16.9 Å². The first-order valence-corrected chi connectivity index (χ1v) is 8.63. The van der Waals surface area contributed by atoms with Crippen molar-refractivity contribution in [2.45, 2.75) is 69.8 Å². The Morgan fingerprint density at radius 2 is 2.21 bits per heavy atom. The van der Waals surface area contributed by atoms with Crippen molar-refractivity contribution in [3.63, 3.8) is 0 Å². The molecule has 0 amide bonds. The maximum absolute atomic E-state index is 10.3. The highest BCUT2D eigenvalue weighted by Gasteiger charge is 2.23. The molecule has 2 atom stereocenters. The lowest BCUT2D eigenvalue weighted by molar-refractivity contribution is 0.164. The second-order valence-corrected chi connectivity index (χ2v) is 6.78. The lowest BCUT2D eigenvalue weighted by Crippen LogP contribution is -2.28. The molecule has 1 saturated heterocycles. The Kier molecular flexibility index (Phi) is 5.76. The number of aromatic nitrogens is 2. The summed E-state index contributed by atoms with van der Waals surface area (Å²) in [7, 11) is 0. The monoisotopic (exact) mass is 282 g/mol. The van der Waals surface area contributed by atoms with Gasteiger partial charge in [-0.05, 0) is 37.5 Å². The maximum Gasteiger partial charge on any atom is 0.0714 e. The smallest absolute Gasteiger partial charge is 0.0714 e. The third-order valence-electron chi connectivity index (χ3n) is 4.04. The van der Waals surface area contributed by atoms with Gasteiger partial charge < -0.3 is 5.11 Å². The normalized spacial score (nSPS) is 21.8. The summed E-state index contributed by atoms with van der Waals surface area (Å²) in [4.78, 5) is 0. The van der Waals surface area contributed by atoms with Crippen molar-refractivity contribution in [2.24, 2.45) is 0 Å². The molecule has 2 heterocycles. The Balaban J connectivity index is 1.91. The first-order valence-electron chi connectivity index (χ1n) is 7.58. The zero-order valence-electron chi connectivity index (χ0n) is 12.1. The molecule has 0 spiro atoms. The molecule has 0 bridgehead atoms. The minimum absolute atomic E-state index is 0.240. The van der Waals surface area contributed by atoms with Crippen LogP contribution in [0.15, 0.2) is 12.3 Å². The van der Waals surface area contributed by atoms with Crippen LogP contribution in [0.1, 0.15) is 57.7 Å². The van der Waals surface area contributed by atoms with Crippen molar-refractivity contribution in [1.29, 1.82) is 0 Å². The van der Waals surface area contributed by atoms with E-state index in [4.69, 9.17) is 0 Å². The number of aliphatic hydroxyl groups is 1. The lowest BCUT2D eigenvalue weighted by Gasteiger charge is -2.25. The molecule has 108 valence electrons. The first kappa shape index (κ1) is 14.9. The van der Waals surface area contributed by atoms with Crippen molar-refractivity contribution in [3.05, 3.63) is 18.0 Å². The first-order chi connectivity index (χ1) is 9.24. The van der Waals surface area contributed by atoms with E-state index in [-0.39, 0.29) is 6.10 Å². The third-order valence-corrected chi connectivity index (χ3v) is 5.54. The number of rotatable bonds is 6. The fourth-order valence-electron chi connectivity index (χ4n) is 2.77. The van der Waals surface area contributed by atoms with Gasteiger partial charge in [-0.25, -0.2) is 0 Å². The predicted molar refractivity (Wildman–Crippen MR) is 81.7 cm³/mol. The Hall–Kier alpha value is -0.480. The Morgan fingerprint density at radius 1 is 1.42 bits per heavy atom. The average molecular weight is 282 g/mol. The third kappa shape index (κ3) is 3.99. The molecule has 0 saturated carbocycles. The summed E-state index contributed by atoms with van der Waals surface area (Å²) in [5, 5.41) is 15.4. The number of nitrogens with zero attached hydrogens (tertiary/aromatic N) is 2. The van der Waals surface area contributed by atoms with E-state index in [1.165, 1.54) is 18.6 Å². The van der Waals surface area contributed by atoms with E-state index in [1.54, 1.807) is 0 Å². The van der Waals surface area contributed by atoms with Gasteiger partial charge in [0.1, 0.15) is 0 Å². The molecule has 3 nitrogen and oxygen atoms in total. The van der Waals surface area contributed by atoms with Gasteiger partial charge in [-0.15, -0.1) is 0 Å². The summed E-state index contributed by atoms with van der Waals surface area (Å²) in [6.07, 6.45) is 8.46. The van der Waals surface area contributed by atoms with Gasteiger partial charge in [-0.3, -0.25) is 4.68 Å². The highest BCUT2D eigenvalue weighted by atomic mass is 32.2. The van der Waals surface area contributed by atoms with E-state index >= 15 is 0 Å². The maximum atomic E-state index is 10.3. The minimum Gasteiger partial charge on any atom is -0.392 e. The SMILES string of the molecule is CCC(CC)n1ccc(CC(O)C2CCCCS2)n1. The summed E-state index contributed by atoms with van der Waals surface area (Å²) < 4.78 is 2.07. The lowest BCUT2D eigenvalue weighted by atomic mass is 10.1. The predicted octanol–water partition coefficient (Wildman–Crippen LogP) is 3.43. The second kappa shape index (κ2) is 7.34. The molecule has 1 N–H and O–H groups in total. The van der Waals surface area contributed by atoms with E-state index in [2.05, 4.69) is 35.9 Å². The van der Waals surface area contributed by atoms with Gasteiger partial charge in [-0.1, -0.05) is 20.3 Å². The van der Waals surface area contributed by atoms with E-state index in [1.807, 2.05) is 11.8 Å². The van der Waals surface area contributed by atoms with Crippen LogP contribution in [0.3, 0.4) is 0 Å².